The Hall–Kier alpha value is -2.66. The van der Waals surface area contributed by atoms with E-state index in [0.29, 0.717) is 30.8 Å². The van der Waals surface area contributed by atoms with Gasteiger partial charge in [0.15, 0.2) is 0 Å². The Morgan fingerprint density at radius 1 is 1.12 bits per heavy atom. The fourth-order valence-corrected chi connectivity index (χ4v) is 2.82. The highest BCUT2D eigenvalue weighted by atomic mass is 16.5. The second-order valence-corrected chi connectivity index (χ2v) is 5.70. The number of rotatable bonds is 5. The van der Waals surface area contributed by atoms with Gasteiger partial charge in [0.1, 0.15) is 0 Å². The van der Waals surface area contributed by atoms with Crippen molar-refractivity contribution < 1.29 is 14.3 Å². The van der Waals surface area contributed by atoms with E-state index in [4.69, 9.17) is 4.74 Å². The van der Waals surface area contributed by atoms with E-state index in [9.17, 15) is 9.59 Å². The predicted octanol–water partition coefficient (Wildman–Crippen LogP) is 2.86. The molecule has 124 valence electrons. The molecule has 1 aliphatic rings. The number of benzene rings is 2. The lowest BCUT2D eigenvalue weighted by atomic mass is 10.1. The molecule has 0 fully saturated rings. The van der Waals surface area contributed by atoms with Gasteiger partial charge in [-0.1, -0.05) is 18.2 Å². The zero-order valence-electron chi connectivity index (χ0n) is 13.6. The molecule has 0 aliphatic carbocycles. The molecule has 2 aromatic rings. The summed E-state index contributed by atoms with van der Waals surface area (Å²) in [5.74, 6) is -0.124. The lowest BCUT2D eigenvalue weighted by Crippen LogP contribution is -2.28. The van der Waals surface area contributed by atoms with E-state index >= 15 is 0 Å². The predicted molar refractivity (Wildman–Crippen MR) is 93.4 cm³/mol. The minimum atomic E-state index is -0.107. The molecule has 3 rings (SSSR count). The van der Waals surface area contributed by atoms with Crippen LogP contribution in [0.5, 0.6) is 0 Å². The first kappa shape index (κ1) is 16.2. The van der Waals surface area contributed by atoms with Crippen molar-refractivity contribution in [3.8, 4) is 0 Å². The van der Waals surface area contributed by atoms with Crippen LogP contribution >= 0.6 is 0 Å². The van der Waals surface area contributed by atoms with Gasteiger partial charge in [0.2, 0.25) is 5.91 Å². The van der Waals surface area contributed by atoms with Gasteiger partial charge in [-0.15, -0.1) is 0 Å². The molecule has 0 radical (unpaired) electrons. The largest absolute Gasteiger partial charge is 0.384 e. The number of methoxy groups -OCH3 is 1. The molecule has 2 amide bonds. The second kappa shape index (κ2) is 7.27. The van der Waals surface area contributed by atoms with Gasteiger partial charge in [-0.3, -0.25) is 9.59 Å². The third-order valence-electron chi connectivity index (χ3n) is 4.08. The smallest absolute Gasteiger partial charge is 0.258 e. The molecule has 0 spiro atoms. The van der Waals surface area contributed by atoms with Crippen molar-refractivity contribution in [3.63, 3.8) is 0 Å². The minimum absolute atomic E-state index is 0.0165. The van der Waals surface area contributed by atoms with Crippen molar-refractivity contribution in [1.82, 2.24) is 0 Å². The van der Waals surface area contributed by atoms with Crippen molar-refractivity contribution in [2.75, 3.05) is 30.5 Å². The summed E-state index contributed by atoms with van der Waals surface area (Å²) in [5.41, 5.74) is 3.48. The normalized spacial score (nSPS) is 12.8. The molecule has 24 heavy (non-hydrogen) atoms. The molecule has 0 bridgehead atoms. The summed E-state index contributed by atoms with van der Waals surface area (Å²) in [5, 5.41) is 2.78. The molecule has 0 unspecified atom stereocenters. The molecule has 1 heterocycles. The number of hydrogen-bond donors (Lipinski definition) is 1. The minimum Gasteiger partial charge on any atom is -0.384 e. The number of amides is 2. The molecule has 0 atom stereocenters. The molecule has 0 saturated heterocycles. The monoisotopic (exact) mass is 324 g/mol. The van der Waals surface area contributed by atoms with Gasteiger partial charge in [-0.05, 0) is 42.3 Å². The summed E-state index contributed by atoms with van der Waals surface area (Å²) in [7, 11) is 1.56. The number of ether oxygens (including phenoxy) is 1. The Labute approximate surface area is 141 Å². The summed E-state index contributed by atoms with van der Waals surface area (Å²) < 4.78 is 4.88. The first-order valence-corrected chi connectivity index (χ1v) is 7.97. The van der Waals surface area contributed by atoms with Gasteiger partial charge >= 0.3 is 0 Å². The number of para-hydroxylation sites is 1. The molecule has 5 nitrogen and oxygen atoms in total. The van der Waals surface area contributed by atoms with Gasteiger partial charge in [-0.25, -0.2) is 0 Å². The number of carbonyl (C=O) groups is 2. The Morgan fingerprint density at radius 3 is 2.62 bits per heavy atom. The first-order chi connectivity index (χ1) is 11.7. The molecule has 0 saturated carbocycles. The lowest BCUT2D eigenvalue weighted by Gasteiger charge is -2.17. The number of anilines is 2. The van der Waals surface area contributed by atoms with Crippen LogP contribution in [0.25, 0.3) is 0 Å². The van der Waals surface area contributed by atoms with Crippen molar-refractivity contribution in [2.45, 2.75) is 12.8 Å². The summed E-state index contributed by atoms with van der Waals surface area (Å²) in [6.45, 7) is 1.09. The van der Waals surface area contributed by atoms with Gasteiger partial charge in [0, 0.05) is 30.6 Å². The maximum atomic E-state index is 12.7. The lowest BCUT2D eigenvalue weighted by molar-refractivity contribution is -0.117. The molecular weight excluding hydrogens is 304 g/mol. The van der Waals surface area contributed by atoms with Gasteiger partial charge in [0.25, 0.3) is 5.91 Å². The first-order valence-electron chi connectivity index (χ1n) is 7.97. The van der Waals surface area contributed by atoms with E-state index in [1.807, 2.05) is 23.1 Å². The highest BCUT2D eigenvalue weighted by molar-refractivity contribution is 6.07. The van der Waals surface area contributed by atoms with E-state index in [0.717, 1.165) is 12.1 Å². The summed E-state index contributed by atoms with van der Waals surface area (Å²) in [6.07, 6.45) is 1.19. The maximum absolute atomic E-state index is 12.7. The van der Waals surface area contributed by atoms with E-state index in [2.05, 4.69) is 11.4 Å². The molecule has 5 heteroatoms. The number of hydrogen-bond acceptors (Lipinski definition) is 3. The van der Waals surface area contributed by atoms with Gasteiger partial charge < -0.3 is 15.0 Å². The Kier molecular flexibility index (Phi) is 4.91. The van der Waals surface area contributed by atoms with Crippen LogP contribution in [-0.2, 0) is 16.0 Å². The van der Waals surface area contributed by atoms with Crippen molar-refractivity contribution in [2.24, 2.45) is 0 Å². The number of carbonyl (C=O) groups excluding carboxylic acids is 2. The number of nitrogens with zero attached hydrogens (tertiary/aromatic N) is 1. The number of nitrogens with one attached hydrogen (secondary N) is 1. The number of fused-ring (bicyclic) bond motifs is 1. The van der Waals surface area contributed by atoms with E-state index in [1.54, 1.807) is 31.4 Å². The van der Waals surface area contributed by atoms with Crippen LogP contribution in [0.15, 0.2) is 48.5 Å². The Balaban J connectivity index is 1.68. The second-order valence-electron chi connectivity index (χ2n) is 5.70. The van der Waals surface area contributed by atoms with Crippen LogP contribution in [0.2, 0.25) is 0 Å². The molecule has 2 aromatic carbocycles. The fourth-order valence-electron chi connectivity index (χ4n) is 2.82. The summed E-state index contributed by atoms with van der Waals surface area (Å²) in [4.78, 5) is 26.2. The maximum Gasteiger partial charge on any atom is 0.258 e. The molecule has 1 N–H and O–H groups in total. The van der Waals surface area contributed by atoms with Crippen molar-refractivity contribution in [3.05, 3.63) is 59.7 Å². The topological polar surface area (TPSA) is 58.6 Å². The quantitative estimate of drug-likeness (QED) is 0.920. The fraction of sp³-hybridized carbons (Fsp3) is 0.263. The zero-order chi connectivity index (χ0) is 16.9. The van der Waals surface area contributed by atoms with Gasteiger partial charge in [-0.2, -0.15) is 0 Å². The summed E-state index contributed by atoms with van der Waals surface area (Å²) >= 11 is 0. The van der Waals surface area contributed by atoms with Crippen LogP contribution in [0.1, 0.15) is 22.3 Å². The standard InChI is InChI=1S/C19H20N2O3/c1-24-13-11-18(22)20-16-8-6-15(7-9-16)19(23)21-12-10-14-4-2-3-5-17(14)21/h2-9H,10-13H2,1H3,(H,20,22). The summed E-state index contributed by atoms with van der Waals surface area (Å²) in [6, 6.07) is 15.0. The van der Waals surface area contributed by atoms with Crippen LogP contribution in [-0.4, -0.2) is 32.1 Å². The van der Waals surface area contributed by atoms with E-state index in [1.165, 1.54) is 5.56 Å². The average Bonchev–Trinajstić information content (AvgIpc) is 3.04. The third kappa shape index (κ3) is 3.46. The van der Waals surface area contributed by atoms with Crippen LogP contribution < -0.4 is 10.2 Å². The van der Waals surface area contributed by atoms with E-state index < -0.39 is 0 Å². The van der Waals surface area contributed by atoms with Crippen molar-refractivity contribution in [1.29, 1.82) is 0 Å². The van der Waals surface area contributed by atoms with Gasteiger partial charge in [0.05, 0.1) is 13.0 Å². The zero-order valence-corrected chi connectivity index (χ0v) is 13.6. The van der Waals surface area contributed by atoms with Crippen LogP contribution in [0.3, 0.4) is 0 Å². The van der Waals surface area contributed by atoms with E-state index in [-0.39, 0.29) is 11.8 Å². The highest BCUT2D eigenvalue weighted by Crippen LogP contribution is 2.29. The molecular formula is C19H20N2O3. The van der Waals surface area contributed by atoms with Crippen LogP contribution in [0.4, 0.5) is 11.4 Å². The SMILES string of the molecule is COCCC(=O)Nc1ccc(C(=O)N2CCc3ccccc32)cc1. The molecule has 1 aliphatic heterocycles. The van der Waals surface area contributed by atoms with Crippen LogP contribution in [0, 0.1) is 0 Å². The Bertz CT molecular complexity index is 741. The molecule has 0 aromatic heterocycles. The third-order valence-corrected chi connectivity index (χ3v) is 4.08. The highest BCUT2D eigenvalue weighted by Gasteiger charge is 2.24. The average molecular weight is 324 g/mol. The Morgan fingerprint density at radius 2 is 1.88 bits per heavy atom. The van der Waals surface area contributed by atoms with Crippen molar-refractivity contribution >= 4 is 23.2 Å².